The number of carbonyl (C=O) groups is 1. The molecule has 0 aliphatic heterocycles. The van der Waals surface area contributed by atoms with Gasteiger partial charge in [-0.15, -0.1) is 0 Å². The molecule has 7 nitrogen and oxygen atoms in total. The number of carboxylic acid groups (broad SMARTS) is 1. The fraction of sp³-hybridized carbons (Fsp3) is 0.500. The van der Waals surface area contributed by atoms with E-state index in [1.54, 1.807) is 6.92 Å². The first kappa shape index (κ1) is 15.2. The highest BCUT2D eigenvalue weighted by Crippen LogP contribution is 2.32. The Morgan fingerprint density at radius 3 is 2.57 bits per heavy atom. The number of benzene rings is 1. The van der Waals surface area contributed by atoms with Crippen molar-refractivity contribution in [1.82, 2.24) is 0 Å². The number of nitrogens with zero attached hydrogens (tertiary/aromatic N) is 1. The molecule has 3 N–H and O–H groups in total. The molecule has 2 rings (SSSR count). The third kappa shape index (κ3) is 3.30. The van der Waals surface area contributed by atoms with Crippen LogP contribution in [-0.2, 0) is 0 Å². The van der Waals surface area contributed by atoms with Crippen LogP contribution >= 0.6 is 0 Å². The molecule has 1 aliphatic carbocycles. The number of nitro benzene ring substituents is 1. The predicted octanol–water partition coefficient (Wildman–Crippen LogP) is 2.32. The molecule has 0 saturated heterocycles. The molecule has 1 aliphatic rings. The minimum atomic E-state index is -1.22. The quantitative estimate of drug-likeness (QED) is 0.567. The summed E-state index contributed by atoms with van der Waals surface area (Å²) < 4.78 is 0. The van der Waals surface area contributed by atoms with Gasteiger partial charge in [-0.3, -0.25) is 10.1 Å². The summed E-state index contributed by atoms with van der Waals surface area (Å²) in [4.78, 5) is 21.5. The van der Waals surface area contributed by atoms with Crippen LogP contribution in [-0.4, -0.2) is 33.3 Å². The molecule has 0 spiro atoms. The summed E-state index contributed by atoms with van der Waals surface area (Å²) in [7, 11) is 0. The van der Waals surface area contributed by atoms with Gasteiger partial charge in [0.15, 0.2) is 0 Å². The second-order valence-corrected chi connectivity index (χ2v) is 5.52. The maximum Gasteiger partial charge on any atom is 0.336 e. The molecule has 114 valence electrons. The Bertz CT molecular complexity index is 579. The van der Waals surface area contributed by atoms with E-state index in [9.17, 15) is 20.0 Å². The molecule has 0 unspecified atom stereocenters. The Kier molecular flexibility index (Phi) is 4.13. The molecule has 1 aromatic rings. The maximum atomic E-state index is 11.1. The zero-order chi connectivity index (χ0) is 15.6. The average Bonchev–Trinajstić information content (AvgIpc) is 2.84. The second-order valence-electron chi connectivity index (χ2n) is 5.52. The highest BCUT2D eigenvalue weighted by Gasteiger charge is 2.31. The van der Waals surface area contributed by atoms with Crippen LogP contribution in [0.1, 0.15) is 41.6 Å². The topological polar surface area (TPSA) is 113 Å². The van der Waals surface area contributed by atoms with Gasteiger partial charge in [0, 0.05) is 23.9 Å². The third-order valence-electron chi connectivity index (χ3n) is 3.97. The SMILES string of the molecule is Cc1c(NCC2(O)CCCC2)cc(C(=O)O)cc1[N+](=O)[O-]. The summed E-state index contributed by atoms with van der Waals surface area (Å²) in [5.41, 5.74) is -0.460. The van der Waals surface area contributed by atoms with E-state index >= 15 is 0 Å². The minimum absolute atomic E-state index is 0.145. The van der Waals surface area contributed by atoms with Gasteiger partial charge in [-0.25, -0.2) is 4.79 Å². The number of anilines is 1. The van der Waals surface area contributed by atoms with E-state index in [0.29, 0.717) is 24.1 Å². The van der Waals surface area contributed by atoms with Crippen molar-refractivity contribution in [2.45, 2.75) is 38.2 Å². The summed E-state index contributed by atoms with van der Waals surface area (Å²) in [6.07, 6.45) is 3.26. The number of hydrogen-bond donors (Lipinski definition) is 3. The highest BCUT2D eigenvalue weighted by atomic mass is 16.6. The largest absolute Gasteiger partial charge is 0.478 e. The zero-order valence-electron chi connectivity index (χ0n) is 11.8. The Hall–Kier alpha value is -2.15. The zero-order valence-corrected chi connectivity index (χ0v) is 11.8. The lowest BCUT2D eigenvalue weighted by molar-refractivity contribution is -0.385. The van der Waals surface area contributed by atoms with E-state index in [4.69, 9.17) is 5.11 Å². The lowest BCUT2D eigenvalue weighted by atomic mass is 10.0. The van der Waals surface area contributed by atoms with Gasteiger partial charge >= 0.3 is 5.97 Å². The van der Waals surface area contributed by atoms with Gasteiger partial charge in [0.05, 0.1) is 16.1 Å². The van der Waals surface area contributed by atoms with Crippen molar-refractivity contribution in [3.05, 3.63) is 33.4 Å². The lowest BCUT2D eigenvalue weighted by Crippen LogP contribution is -2.33. The van der Waals surface area contributed by atoms with Crippen LogP contribution < -0.4 is 5.32 Å². The fourth-order valence-corrected chi connectivity index (χ4v) is 2.67. The van der Waals surface area contributed by atoms with Crippen molar-refractivity contribution in [2.75, 3.05) is 11.9 Å². The van der Waals surface area contributed by atoms with E-state index in [0.717, 1.165) is 18.9 Å². The van der Waals surface area contributed by atoms with E-state index in [1.165, 1.54) is 6.07 Å². The van der Waals surface area contributed by atoms with Gasteiger partial charge in [-0.1, -0.05) is 12.8 Å². The average molecular weight is 294 g/mol. The molecular weight excluding hydrogens is 276 g/mol. The Morgan fingerprint density at radius 1 is 1.43 bits per heavy atom. The minimum Gasteiger partial charge on any atom is -0.478 e. The lowest BCUT2D eigenvalue weighted by Gasteiger charge is -2.23. The molecule has 0 radical (unpaired) electrons. The van der Waals surface area contributed by atoms with Crippen LogP contribution in [0.5, 0.6) is 0 Å². The van der Waals surface area contributed by atoms with Crippen LogP contribution in [0.3, 0.4) is 0 Å². The van der Waals surface area contributed by atoms with Gasteiger partial charge in [0.1, 0.15) is 0 Å². The van der Waals surface area contributed by atoms with Crippen molar-refractivity contribution >= 4 is 17.3 Å². The van der Waals surface area contributed by atoms with E-state index in [-0.39, 0.29) is 17.8 Å². The highest BCUT2D eigenvalue weighted by molar-refractivity contribution is 5.90. The molecule has 0 amide bonds. The van der Waals surface area contributed by atoms with Crippen LogP contribution in [0.2, 0.25) is 0 Å². The smallest absolute Gasteiger partial charge is 0.336 e. The first-order valence-corrected chi connectivity index (χ1v) is 6.81. The normalized spacial score (nSPS) is 16.7. The number of aliphatic hydroxyl groups is 1. The summed E-state index contributed by atoms with van der Waals surface area (Å²) in [6.45, 7) is 1.82. The van der Waals surface area contributed by atoms with Gasteiger partial charge in [0.25, 0.3) is 5.69 Å². The molecule has 0 heterocycles. The number of aromatic carboxylic acids is 1. The van der Waals surface area contributed by atoms with Crippen LogP contribution in [0.4, 0.5) is 11.4 Å². The molecule has 21 heavy (non-hydrogen) atoms. The molecule has 7 heteroatoms. The first-order chi connectivity index (χ1) is 9.82. The maximum absolute atomic E-state index is 11.1. The molecular formula is C14H18N2O5. The monoisotopic (exact) mass is 294 g/mol. The molecule has 1 aromatic carbocycles. The first-order valence-electron chi connectivity index (χ1n) is 6.81. The summed E-state index contributed by atoms with van der Waals surface area (Å²) in [6, 6.07) is 2.41. The fourth-order valence-electron chi connectivity index (χ4n) is 2.67. The van der Waals surface area contributed by atoms with E-state index in [2.05, 4.69) is 5.32 Å². The Balaban J connectivity index is 2.29. The summed E-state index contributed by atoms with van der Waals surface area (Å²) >= 11 is 0. The molecule has 0 atom stereocenters. The van der Waals surface area contributed by atoms with E-state index in [1.807, 2.05) is 0 Å². The number of nitro groups is 1. The molecule has 1 saturated carbocycles. The van der Waals surface area contributed by atoms with Crippen molar-refractivity contribution in [3.8, 4) is 0 Å². The number of hydrogen-bond acceptors (Lipinski definition) is 5. The predicted molar refractivity (Wildman–Crippen MR) is 76.7 cm³/mol. The number of carboxylic acids is 1. The number of nitrogens with one attached hydrogen (secondary N) is 1. The van der Waals surface area contributed by atoms with Crippen molar-refractivity contribution < 1.29 is 19.9 Å². The van der Waals surface area contributed by atoms with Gasteiger partial charge in [0.2, 0.25) is 0 Å². The third-order valence-corrected chi connectivity index (χ3v) is 3.97. The second kappa shape index (κ2) is 5.69. The molecule has 1 fully saturated rings. The Morgan fingerprint density at radius 2 is 2.05 bits per heavy atom. The van der Waals surface area contributed by atoms with Gasteiger partial charge in [-0.2, -0.15) is 0 Å². The summed E-state index contributed by atoms with van der Waals surface area (Å²) in [5, 5.41) is 33.3. The standard InChI is InChI=1S/C14H18N2O5/c1-9-11(15-8-14(19)4-2-3-5-14)6-10(13(17)18)7-12(9)16(20)21/h6-7,15,19H,2-5,8H2,1H3,(H,17,18). The van der Waals surface area contributed by atoms with Crippen LogP contribution in [0.15, 0.2) is 12.1 Å². The molecule has 0 bridgehead atoms. The molecule has 0 aromatic heterocycles. The van der Waals surface area contributed by atoms with Crippen LogP contribution in [0, 0.1) is 17.0 Å². The van der Waals surface area contributed by atoms with Crippen molar-refractivity contribution in [3.63, 3.8) is 0 Å². The summed E-state index contributed by atoms with van der Waals surface area (Å²) in [5.74, 6) is -1.22. The number of rotatable bonds is 5. The Labute approximate surface area is 121 Å². The van der Waals surface area contributed by atoms with Crippen LogP contribution in [0.25, 0.3) is 0 Å². The van der Waals surface area contributed by atoms with Crippen molar-refractivity contribution in [2.24, 2.45) is 0 Å². The van der Waals surface area contributed by atoms with Crippen molar-refractivity contribution in [1.29, 1.82) is 0 Å². The van der Waals surface area contributed by atoms with E-state index < -0.39 is 16.5 Å². The van der Waals surface area contributed by atoms with Gasteiger partial charge in [-0.05, 0) is 25.8 Å². The van der Waals surface area contributed by atoms with Gasteiger partial charge < -0.3 is 15.5 Å².